The normalized spacial score (nSPS) is 12.5. The minimum atomic E-state index is -0.708. The summed E-state index contributed by atoms with van der Waals surface area (Å²) in [6.07, 6.45) is 0. The molecular weight excluding hydrogens is 231 g/mol. The number of rotatable bonds is 3. The molecule has 0 aliphatic heterocycles. The van der Waals surface area contributed by atoms with Crippen LogP contribution in [-0.4, -0.2) is 26.0 Å². The van der Waals surface area contributed by atoms with E-state index in [2.05, 4.69) is 0 Å². The molecule has 13 heavy (non-hydrogen) atoms. The second-order valence-electron chi connectivity index (χ2n) is 2.91. The van der Waals surface area contributed by atoms with Gasteiger partial charge in [0.05, 0.1) is 0 Å². The van der Waals surface area contributed by atoms with Crippen molar-refractivity contribution < 1.29 is 9.90 Å². The Hall–Kier alpha value is -0.791. The van der Waals surface area contributed by atoms with Gasteiger partial charge in [-0.3, -0.25) is 0 Å². The second-order valence-corrected chi connectivity index (χ2v) is 5.88. The van der Waals surface area contributed by atoms with Gasteiger partial charge in [-0.2, -0.15) is 0 Å². The van der Waals surface area contributed by atoms with E-state index in [1.54, 1.807) is 6.92 Å². The van der Waals surface area contributed by atoms with Crippen LogP contribution in [0.1, 0.15) is 12.5 Å². The van der Waals surface area contributed by atoms with Crippen molar-refractivity contribution in [3.05, 3.63) is 29.8 Å². The summed E-state index contributed by atoms with van der Waals surface area (Å²) in [5, 5.41) is 8.71. The number of hydrogen-bond acceptors (Lipinski definition) is 1. The van der Waals surface area contributed by atoms with Crippen LogP contribution in [0.4, 0.5) is 0 Å². The summed E-state index contributed by atoms with van der Waals surface area (Å²) in [5.41, 5.74) is 1.21. The van der Waals surface area contributed by atoms with E-state index in [0.29, 0.717) is 0 Å². The number of benzene rings is 1. The molecule has 1 N–H and O–H groups in total. The Morgan fingerprint density at radius 2 is 1.92 bits per heavy atom. The van der Waals surface area contributed by atoms with Gasteiger partial charge in [0, 0.05) is 0 Å². The van der Waals surface area contributed by atoms with Crippen molar-refractivity contribution in [3.63, 3.8) is 0 Å². The molecule has 0 saturated carbocycles. The zero-order chi connectivity index (χ0) is 9.84. The molecule has 0 bridgehead atoms. The van der Waals surface area contributed by atoms with Crippen LogP contribution in [0.3, 0.4) is 0 Å². The van der Waals surface area contributed by atoms with Gasteiger partial charge < -0.3 is 0 Å². The number of carboxylic acids is 1. The van der Waals surface area contributed by atoms with Crippen LogP contribution in [0.25, 0.3) is 0 Å². The molecule has 0 unspecified atom stereocenters. The molecule has 0 radical (unpaired) electrons. The molecule has 0 aliphatic carbocycles. The Kier molecular flexibility index (Phi) is 3.52. The van der Waals surface area contributed by atoms with Gasteiger partial charge in [-0.05, 0) is 0 Å². The molecule has 0 amide bonds. The van der Waals surface area contributed by atoms with Gasteiger partial charge in [-0.15, -0.1) is 0 Å². The van der Waals surface area contributed by atoms with Crippen LogP contribution < -0.4 is 4.46 Å². The summed E-state index contributed by atoms with van der Waals surface area (Å²) in [4.78, 5) is 10.3. The fourth-order valence-corrected chi connectivity index (χ4v) is 2.55. The number of aryl methyl sites for hydroxylation is 1. The van der Waals surface area contributed by atoms with E-state index in [9.17, 15) is 4.79 Å². The Bertz CT molecular complexity index is 292. The molecule has 0 fully saturated rings. The first-order valence-corrected chi connectivity index (χ1v) is 5.90. The molecule has 70 valence electrons. The third-order valence-electron chi connectivity index (χ3n) is 1.68. The van der Waals surface area contributed by atoms with E-state index in [-0.39, 0.29) is 19.8 Å². The average Bonchev–Trinajstić information content (AvgIpc) is 2.08. The first kappa shape index (κ1) is 10.3. The quantitative estimate of drug-likeness (QED) is 0.810. The minimum absolute atomic E-state index is 0.0412. The molecule has 1 atom stereocenters. The van der Waals surface area contributed by atoms with E-state index in [1.165, 1.54) is 5.56 Å². The number of hydrogen-bond donors (Lipinski definition) is 1. The van der Waals surface area contributed by atoms with E-state index in [4.69, 9.17) is 5.11 Å². The summed E-state index contributed by atoms with van der Waals surface area (Å²) in [6.45, 7) is 3.78. The van der Waals surface area contributed by atoms with Gasteiger partial charge in [0.15, 0.2) is 0 Å². The monoisotopic (exact) mass is 244 g/mol. The van der Waals surface area contributed by atoms with Gasteiger partial charge in [0.2, 0.25) is 0 Å². The molecule has 1 aromatic carbocycles. The standard InChI is InChI=1S/C10H12O2Se/c1-7-3-5-9(6-4-7)13-8(2)10(11)12/h3-6,8H,1-2H3,(H,11,12)/t8-/m1/s1. The van der Waals surface area contributed by atoms with Crippen LogP contribution >= 0.6 is 0 Å². The van der Waals surface area contributed by atoms with Crippen LogP contribution in [-0.2, 0) is 4.79 Å². The first-order chi connectivity index (χ1) is 6.09. The number of aliphatic carboxylic acids is 1. The third kappa shape index (κ3) is 3.21. The van der Waals surface area contributed by atoms with Crippen LogP contribution in [0, 0.1) is 6.92 Å². The van der Waals surface area contributed by atoms with Crippen molar-refractivity contribution in [3.8, 4) is 0 Å². The zero-order valence-electron chi connectivity index (χ0n) is 7.65. The second kappa shape index (κ2) is 4.45. The van der Waals surface area contributed by atoms with E-state index >= 15 is 0 Å². The topological polar surface area (TPSA) is 37.3 Å². The predicted octanol–water partition coefficient (Wildman–Crippen LogP) is 1.22. The van der Waals surface area contributed by atoms with Crippen LogP contribution in [0.15, 0.2) is 24.3 Å². The fourth-order valence-electron chi connectivity index (χ4n) is 0.871. The van der Waals surface area contributed by atoms with Crippen molar-refractivity contribution in [2.24, 2.45) is 0 Å². The maximum absolute atomic E-state index is 10.6. The first-order valence-electron chi connectivity index (χ1n) is 4.05. The SMILES string of the molecule is Cc1ccc([Se][C@H](C)C(=O)O)cc1. The molecule has 0 aliphatic rings. The summed E-state index contributed by atoms with van der Waals surface area (Å²) in [6, 6.07) is 8.06. The van der Waals surface area contributed by atoms with Crippen molar-refractivity contribution in [2.75, 3.05) is 0 Å². The Morgan fingerprint density at radius 1 is 1.38 bits per heavy atom. The summed E-state index contributed by atoms with van der Waals surface area (Å²) in [7, 11) is 0. The van der Waals surface area contributed by atoms with Crippen molar-refractivity contribution in [1.82, 2.24) is 0 Å². The molecule has 0 heterocycles. The van der Waals surface area contributed by atoms with Gasteiger partial charge in [0.25, 0.3) is 0 Å². The van der Waals surface area contributed by atoms with Crippen LogP contribution in [0.5, 0.6) is 0 Å². The zero-order valence-corrected chi connectivity index (χ0v) is 9.36. The summed E-state index contributed by atoms with van der Waals surface area (Å²) in [5.74, 6) is -0.708. The van der Waals surface area contributed by atoms with E-state index in [0.717, 1.165) is 4.46 Å². The predicted molar refractivity (Wildman–Crippen MR) is 53.6 cm³/mol. The van der Waals surface area contributed by atoms with Crippen molar-refractivity contribution in [1.29, 1.82) is 0 Å². The van der Waals surface area contributed by atoms with E-state index < -0.39 is 5.97 Å². The van der Waals surface area contributed by atoms with Crippen molar-refractivity contribution >= 4 is 25.4 Å². The third-order valence-corrected chi connectivity index (χ3v) is 3.99. The molecule has 0 saturated heterocycles. The summed E-state index contributed by atoms with van der Waals surface area (Å²) < 4.78 is 1.15. The molecular formula is C10H12O2Se. The van der Waals surface area contributed by atoms with Crippen molar-refractivity contribution in [2.45, 2.75) is 18.7 Å². The molecule has 0 aromatic heterocycles. The van der Waals surface area contributed by atoms with Gasteiger partial charge in [-0.25, -0.2) is 0 Å². The average molecular weight is 243 g/mol. The number of carbonyl (C=O) groups is 1. The Labute approximate surface area is 84.1 Å². The molecule has 2 nitrogen and oxygen atoms in total. The molecule has 1 rings (SSSR count). The van der Waals surface area contributed by atoms with Gasteiger partial charge in [-0.1, -0.05) is 0 Å². The van der Waals surface area contributed by atoms with Crippen LogP contribution in [0.2, 0.25) is 4.82 Å². The molecule has 1 aromatic rings. The molecule has 3 heteroatoms. The Morgan fingerprint density at radius 3 is 2.38 bits per heavy atom. The maximum atomic E-state index is 10.6. The van der Waals surface area contributed by atoms with E-state index in [1.807, 2.05) is 31.2 Å². The van der Waals surface area contributed by atoms with Gasteiger partial charge >= 0.3 is 83.8 Å². The van der Waals surface area contributed by atoms with Gasteiger partial charge in [0.1, 0.15) is 0 Å². The Balaban J connectivity index is 2.64. The fraction of sp³-hybridized carbons (Fsp3) is 0.300. The summed E-state index contributed by atoms with van der Waals surface area (Å²) >= 11 is 0.0412. The molecule has 0 spiro atoms. The number of carboxylic acid groups (broad SMARTS) is 1.